The van der Waals surface area contributed by atoms with Gasteiger partial charge in [-0.15, -0.1) is 0 Å². The first-order valence-electron chi connectivity index (χ1n) is 6.12. The number of halogens is 4. The highest BCUT2D eigenvalue weighted by Crippen LogP contribution is 2.29. The van der Waals surface area contributed by atoms with Crippen LogP contribution in [0, 0.1) is 11.5 Å². The second kappa shape index (κ2) is 6.48. The maximum atomic E-state index is 12.4. The van der Waals surface area contributed by atoms with Gasteiger partial charge in [0.05, 0.1) is 9.89 Å². The molecule has 1 amide bonds. The Morgan fingerprint density at radius 1 is 1.29 bits per heavy atom. The Labute approximate surface area is 129 Å². The summed E-state index contributed by atoms with van der Waals surface area (Å²) < 4.78 is 36.4. The summed E-state index contributed by atoms with van der Waals surface area (Å²) in [6.07, 6.45) is -2.27. The van der Waals surface area contributed by atoms with E-state index in [0.29, 0.717) is 12.0 Å². The molecule has 0 bridgehead atoms. The van der Waals surface area contributed by atoms with Crippen LogP contribution >= 0.6 is 15.9 Å². The molecule has 114 valence electrons. The standard InChI is InChI=1S/C14H14BrF3N2O/c1-13(2,15)12(21)20(9-19)8-7-10-3-5-11(6-4-10)14(16,17)18/h3-6H,7-8H2,1-2H3. The average Bonchev–Trinajstić information content (AvgIpc) is 2.37. The second-order valence-electron chi connectivity index (χ2n) is 4.97. The van der Waals surface area contributed by atoms with E-state index in [0.717, 1.165) is 17.0 Å². The fraction of sp³-hybridized carbons (Fsp3) is 0.429. The summed E-state index contributed by atoms with van der Waals surface area (Å²) in [7, 11) is 0. The van der Waals surface area contributed by atoms with Crippen molar-refractivity contribution >= 4 is 21.8 Å². The Hall–Kier alpha value is -1.55. The van der Waals surface area contributed by atoms with Crippen LogP contribution in [0.4, 0.5) is 13.2 Å². The number of hydrogen-bond donors (Lipinski definition) is 0. The molecule has 0 aliphatic rings. The Balaban J connectivity index is 2.71. The van der Waals surface area contributed by atoms with Crippen molar-refractivity contribution in [2.75, 3.05) is 6.54 Å². The van der Waals surface area contributed by atoms with Crippen LogP contribution in [-0.4, -0.2) is 21.7 Å². The van der Waals surface area contributed by atoms with Gasteiger partial charge in [-0.1, -0.05) is 28.1 Å². The molecule has 0 atom stereocenters. The molecule has 0 aromatic heterocycles. The minimum Gasteiger partial charge on any atom is -0.272 e. The molecule has 0 heterocycles. The molecule has 1 rings (SSSR count). The molecule has 0 aliphatic carbocycles. The highest BCUT2D eigenvalue weighted by atomic mass is 79.9. The van der Waals surface area contributed by atoms with Gasteiger partial charge in [0.15, 0.2) is 6.19 Å². The summed E-state index contributed by atoms with van der Waals surface area (Å²) in [4.78, 5) is 12.9. The van der Waals surface area contributed by atoms with Crippen molar-refractivity contribution in [3.63, 3.8) is 0 Å². The van der Waals surface area contributed by atoms with E-state index in [-0.39, 0.29) is 6.54 Å². The van der Waals surface area contributed by atoms with E-state index in [1.807, 2.05) is 0 Å². The monoisotopic (exact) mass is 362 g/mol. The maximum absolute atomic E-state index is 12.4. The van der Waals surface area contributed by atoms with E-state index in [2.05, 4.69) is 15.9 Å². The quantitative estimate of drug-likeness (QED) is 0.465. The first-order chi connectivity index (χ1) is 9.55. The number of nitrogens with zero attached hydrogens (tertiary/aromatic N) is 2. The molecule has 0 saturated carbocycles. The van der Waals surface area contributed by atoms with Crippen LogP contribution in [0.5, 0.6) is 0 Å². The molecule has 0 unspecified atom stereocenters. The molecule has 3 nitrogen and oxygen atoms in total. The fourth-order valence-electron chi connectivity index (χ4n) is 1.62. The van der Waals surface area contributed by atoms with Gasteiger partial charge in [-0.3, -0.25) is 4.79 Å². The summed E-state index contributed by atoms with van der Waals surface area (Å²) in [6.45, 7) is 3.37. The van der Waals surface area contributed by atoms with Crippen LogP contribution in [0.1, 0.15) is 25.0 Å². The predicted molar refractivity (Wildman–Crippen MR) is 75.5 cm³/mol. The highest BCUT2D eigenvalue weighted by molar-refractivity contribution is 9.10. The number of rotatable bonds is 4. The lowest BCUT2D eigenvalue weighted by atomic mass is 10.1. The molecule has 0 aliphatic heterocycles. The second-order valence-corrected chi connectivity index (χ2v) is 6.96. The molecule has 0 radical (unpaired) electrons. The molecule has 1 aromatic rings. The van der Waals surface area contributed by atoms with E-state index in [1.54, 1.807) is 20.0 Å². The Kier molecular flexibility index (Phi) is 5.40. The van der Waals surface area contributed by atoms with E-state index < -0.39 is 22.0 Å². The van der Waals surface area contributed by atoms with Gasteiger partial charge in [0.2, 0.25) is 0 Å². The van der Waals surface area contributed by atoms with Crippen LogP contribution in [-0.2, 0) is 17.4 Å². The molecule has 21 heavy (non-hydrogen) atoms. The highest BCUT2D eigenvalue weighted by Gasteiger charge is 2.30. The number of benzene rings is 1. The van der Waals surface area contributed by atoms with Gasteiger partial charge in [-0.25, -0.2) is 4.90 Å². The smallest absolute Gasteiger partial charge is 0.272 e. The zero-order chi connectivity index (χ0) is 16.3. The van der Waals surface area contributed by atoms with Gasteiger partial charge in [0, 0.05) is 6.54 Å². The van der Waals surface area contributed by atoms with Crippen LogP contribution in [0.2, 0.25) is 0 Å². The van der Waals surface area contributed by atoms with Crippen molar-refractivity contribution in [2.24, 2.45) is 0 Å². The molecule has 0 saturated heterocycles. The zero-order valence-corrected chi connectivity index (χ0v) is 13.1. The predicted octanol–water partition coefficient (Wildman–Crippen LogP) is 3.73. The third-order valence-corrected chi connectivity index (χ3v) is 3.12. The van der Waals surface area contributed by atoms with Crippen LogP contribution in [0.15, 0.2) is 24.3 Å². The number of amides is 1. The van der Waals surface area contributed by atoms with E-state index >= 15 is 0 Å². The van der Waals surface area contributed by atoms with Crippen molar-refractivity contribution in [3.05, 3.63) is 35.4 Å². The molecule has 1 aromatic carbocycles. The molecule has 0 spiro atoms. The first kappa shape index (κ1) is 17.5. The number of hydrogen-bond acceptors (Lipinski definition) is 2. The summed E-state index contributed by atoms with van der Waals surface area (Å²) in [6, 6.07) is 4.68. The Morgan fingerprint density at radius 3 is 2.19 bits per heavy atom. The lowest BCUT2D eigenvalue weighted by Gasteiger charge is -2.21. The summed E-state index contributed by atoms with van der Waals surface area (Å²) in [5.41, 5.74) is -0.0931. The Bertz CT molecular complexity index is 541. The molecular weight excluding hydrogens is 349 g/mol. The average molecular weight is 363 g/mol. The van der Waals surface area contributed by atoms with Crippen molar-refractivity contribution in [1.29, 1.82) is 5.26 Å². The van der Waals surface area contributed by atoms with Gasteiger partial charge >= 0.3 is 6.18 Å². The lowest BCUT2D eigenvalue weighted by Crippen LogP contribution is -2.39. The van der Waals surface area contributed by atoms with Crippen LogP contribution in [0.25, 0.3) is 0 Å². The van der Waals surface area contributed by atoms with E-state index in [9.17, 15) is 18.0 Å². The SMILES string of the molecule is CC(C)(Br)C(=O)N(C#N)CCc1ccc(C(F)(F)F)cc1. The lowest BCUT2D eigenvalue weighted by molar-refractivity contribution is -0.137. The third kappa shape index (κ3) is 5.05. The zero-order valence-electron chi connectivity index (χ0n) is 11.5. The summed E-state index contributed by atoms with van der Waals surface area (Å²) in [5.74, 6) is -0.392. The minimum absolute atomic E-state index is 0.121. The number of nitriles is 1. The fourth-order valence-corrected chi connectivity index (χ4v) is 1.83. The van der Waals surface area contributed by atoms with Crippen LogP contribution < -0.4 is 0 Å². The van der Waals surface area contributed by atoms with Crippen LogP contribution in [0.3, 0.4) is 0 Å². The molecule has 0 fully saturated rings. The Morgan fingerprint density at radius 2 is 1.81 bits per heavy atom. The molecule has 0 N–H and O–H groups in total. The van der Waals surface area contributed by atoms with Gasteiger partial charge < -0.3 is 0 Å². The third-order valence-electron chi connectivity index (χ3n) is 2.78. The summed E-state index contributed by atoms with van der Waals surface area (Å²) in [5, 5.41) is 8.97. The number of alkyl halides is 4. The number of carbonyl (C=O) groups excluding carboxylic acids is 1. The molecular formula is C14H14BrF3N2O. The van der Waals surface area contributed by atoms with E-state index in [1.165, 1.54) is 12.1 Å². The largest absolute Gasteiger partial charge is 0.416 e. The first-order valence-corrected chi connectivity index (χ1v) is 6.92. The van der Waals surface area contributed by atoms with Crippen molar-refractivity contribution in [2.45, 2.75) is 30.8 Å². The van der Waals surface area contributed by atoms with Crippen molar-refractivity contribution in [1.82, 2.24) is 4.90 Å². The van der Waals surface area contributed by atoms with E-state index in [4.69, 9.17) is 5.26 Å². The minimum atomic E-state index is -4.37. The maximum Gasteiger partial charge on any atom is 0.416 e. The van der Waals surface area contributed by atoms with Gasteiger partial charge in [-0.2, -0.15) is 18.4 Å². The number of carbonyl (C=O) groups is 1. The summed E-state index contributed by atoms with van der Waals surface area (Å²) >= 11 is 3.18. The normalized spacial score (nSPS) is 11.9. The van der Waals surface area contributed by atoms with Crippen molar-refractivity contribution < 1.29 is 18.0 Å². The van der Waals surface area contributed by atoms with Gasteiger partial charge in [0.1, 0.15) is 0 Å². The van der Waals surface area contributed by atoms with Crippen molar-refractivity contribution in [3.8, 4) is 6.19 Å². The molecule has 7 heteroatoms. The topological polar surface area (TPSA) is 44.1 Å². The van der Waals surface area contributed by atoms with Gasteiger partial charge in [0.25, 0.3) is 5.91 Å². The van der Waals surface area contributed by atoms with Gasteiger partial charge in [-0.05, 0) is 38.0 Å².